The van der Waals surface area contributed by atoms with E-state index < -0.39 is 0 Å². The molecule has 0 aliphatic carbocycles. The van der Waals surface area contributed by atoms with E-state index in [1.54, 1.807) is 14.2 Å². The van der Waals surface area contributed by atoms with Gasteiger partial charge in [0, 0.05) is 20.2 Å². The number of hydrogen-bond acceptors (Lipinski definition) is 4. The number of nitrogens with zero attached hydrogens (tertiary/aromatic N) is 1. The van der Waals surface area contributed by atoms with E-state index in [1.165, 1.54) is 5.56 Å². The van der Waals surface area contributed by atoms with Crippen molar-refractivity contribution in [2.75, 3.05) is 40.5 Å². The summed E-state index contributed by atoms with van der Waals surface area (Å²) in [5.74, 6) is 2.56. The van der Waals surface area contributed by atoms with E-state index in [-0.39, 0.29) is 24.0 Å². The molecule has 0 radical (unpaired) electrons. The summed E-state index contributed by atoms with van der Waals surface area (Å²) in [6, 6.07) is 14.3. The first-order valence-corrected chi connectivity index (χ1v) is 10.0. The van der Waals surface area contributed by atoms with Crippen molar-refractivity contribution in [2.45, 2.75) is 26.8 Å². The van der Waals surface area contributed by atoms with Crippen LogP contribution in [0, 0.1) is 6.92 Å². The Morgan fingerprint density at radius 1 is 1.00 bits per heavy atom. The molecule has 0 bridgehead atoms. The summed E-state index contributed by atoms with van der Waals surface area (Å²) in [7, 11) is 3.37. The normalized spacial score (nSPS) is 10.9. The highest BCUT2D eigenvalue weighted by atomic mass is 127. The fourth-order valence-electron chi connectivity index (χ4n) is 2.83. The van der Waals surface area contributed by atoms with E-state index in [0.29, 0.717) is 19.8 Å². The lowest BCUT2D eigenvalue weighted by Gasteiger charge is -2.12. The average molecular weight is 527 g/mol. The van der Waals surface area contributed by atoms with Gasteiger partial charge in [-0.15, -0.1) is 24.0 Å². The van der Waals surface area contributed by atoms with Gasteiger partial charge in [-0.05, 0) is 55.2 Å². The Balaban J connectivity index is 0.00000450. The van der Waals surface area contributed by atoms with Gasteiger partial charge in [0.25, 0.3) is 0 Å². The number of aryl methyl sites for hydroxylation is 1. The lowest BCUT2D eigenvalue weighted by molar-refractivity contribution is 0.146. The summed E-state index contributed by atoms with van der Waals surface area (Å²) in [6.45, 7) is 7.40. The molecule has 2 aromatic carbocycles. The molecule has 0 aliphatic rings. The minimum Gasteiger partial charge on any atom is -0.496 e. The SMILES string of the molecule is CCNC(=NCc1cccc(OCCOC)c1)NCCc1ccc(C)c(OC)c1.I. The fraction of sp³-hybridized carbons (Fsp3) is 0.435. The molecular weight excluding hydrogens is 493 g/mol. The number of rotatable bonds is 11. The largest absolute Gasteiger partial charge is 0.496 e. The zero-order chi connectivity index (χ0) is 20.9. The van der Waals surface area contributed by atoms with Gasteiger partial charge < -0.3 is 24.8 Å². The van der Waals surface area contributed by atoms with Crippen LogP contribution in [0.1, 0.15) is 23.6 Å². The molecule has 2 N–H and O–H groups in total. The Morgan fingerprint density at radius 2 is 1.83 bits per heavy atom. The van der Waals surface area contributed by atoms with E-state index in [4.69, 9.17) is 14.2 Å². The van der Waals surface area contributed by atoms with Crippen LogP contribution in [0.4, 0.5) is 0 Å². The van der Waals surface area contributed by atoms with Gasteiger partial charge in [-0.3, -0.25) is 0 Å². The third kappa shape index (κ3) is 9.21. The topological polar surface area (TPSA) is 64.1 Å². The molecule has 0 heterocycles. The van der Waals surface area contributed by atoms with E-state index in [2.05, 4.69) is 53.7 Å². The maximum absolute atomic E-state index is 5.67. The number of benzene rings is 2. The van der Waals surface area contributed by atoms with Crippen molar-refractivity contribution in [3.8, 4) is 11.5 Å². The smallest absolute Gasteiger partial charge is 0.191 e. The molecule has 0 saturated carbocycles. The third-order valence-corrected chi connectivity index (χ3v) is 4.40. The van der Waals surface area contributed by atoms with E-state index in [1.807, 2.05) is 18.2 Å². The van der Waals surface area contributed by atoms with Crippen LogP contribution in [0.5, 0.6) is 11.5 Å². The molecule has 6 nitrogen and oxygen atoms in total. The molecule has 0 atom stereocenters. The lowest BCUT2D eigenvalue weighted by Crippen LogP contribution is -2.38. The van der Waals surface area contributed by atoms with Crippen LogP contribution in [0.2, 0.25) is 0 Å². The second kappa shape index (κ2) is 14.9. The lowest BCUT2D eigenvalue weighted by atomic mass is 10.1. The number of ether oxygens (including phenoxy) is 3. The van der Waals surface area contributed by atoms with Gasteiger partial charge in [-0.25, -0.2) is 4.99 Å². The van der Waals surface area contributed by atoms with Crippen LogP contribution in [-0.4, -0.2) is 46.5 Å². The average Bonchev–Trinajstić information content (AvgIpc) is 2.73. The van der Waals surface area contributed by atoms with E-state index in [0.717, 1.165) is 48.1 Å². The molecule has 30 heavy (non-hydrogen) atoms. The highest BCUT2D eigenvalue weighted by Gasteiger charge is 2.03. The van der Waals surface area contributed by atoms with Gasteiger partial charge in [0.15, 0.2) is 5.96 Å². The fourth-order valence-corrected chi connectivity index (χ4v) is 2.83. The molecule has 0 fully saturated rings. The number of aliphatic imine (C=N–C) groups is 1. The van der Waals surface area contributed by atoms with Crippen molar-refractivity contribution in [3.63, 3.8) is 0 Å². The van der Waals surface area contributed by atoms with Gasteiger partial charge in [0.05, 0.1) is 20.3 Å². The van der Waals surface area contributed by atoms with Crippen LogP contribution in [0.15, 0.2) is 47.5 Å². The van der Waals surface area contributed by atoms with Crippen LogP contribution >= 0.6 is 24.0 Å². The number of methoxy groups -OCH3 is 2. The number of nitrogens with one attached hydrogen (secondary N) is 2. The van der Waals surface area contributed by atoms with Crippen molar-refractivity contribution >= 4 is 29.9 Å². The predicted octanol–water partition coefficient (Wildman–Crippen LogP) is 3.94. The first kappa shape index (κ1) is 26.0. The molecule has 0 aromatic heterocycles. The summed E-state index contributed by atoms with van der Waals surface area (Å²) in [4.78, 5) is 4.69. The molecule has 166 valence electrons. The predicted molar refractivity (Wildman–Crippen MR) is 133 cm³/mol. The molecule has 0 saturated heterocycles. The summed E-state index contributed by atoms with van der Waals surface area (Å²) >= 11 is 0. The zero-order valence-electron chi connectivity index (χ0n) is 18.4. The van der Waals surface area contributed by atoms with Crippen molar-refractivity contribution in [1.82, 2.24) is 10.6 Å². The summed E-state index contributed by atoms with van der Waals surface area (Å²) in [6.07, 6.45) is 0.893. The highest BCUT2D eigenvalue weighted by molar-refractivity contribution is 14.0. The molecule has 0 unspecified atom stereocenters. The molecule has 0 spiro atoms. The van der Waals surface area contributed by atoms with Crippen molar-refractivity contribution in [1.29, 1.82) is 0 Å². The van der Waals surface area contributed by atoms with Gasteiger partial charge >= 0.3 is 0 Å². The molecule has 0 amide bonds. The second-order valence-corrected chi connectivity index (χ2v) is 6.66. The zero-order valence-corrected chi connectivity index (χ0v) is 20.7. The Bertz CT molecular complexity index is 784. The number of halogens is 1. The first-order valence-electron chi connectivity index (χ1n) is 10.0. The number of guanidine groups is 1. The van der Waals surface area contributed by atoms with E-state index >= 15 is 0 Å². The van der Waals surface area contributed by atoms with Gasteiger partial charge in [-0.1, -0.05) is 24.3 Å². The summed E-state index contributed by atoms with van der Waals surface area (Å²) in [5, 5.41) is 6.69. The van der Waals surface area contributed by atoms with Gasteiger partial charge in [-0.2, -0.15) is 0 Å². The third-order valence-electron chi connectivity index (χ3n) is 4.40. The van der Waals surface area contributed by atoms with Crippen LogP contribution in [-0.2, 0) is 17.7 Å². The highest BCUT2D eigenvalue weighted by Crippen LogP contribution is 2.19. The Kier molecular flexibility index (Phi) is 12.9. The molecule has 2 aromatic rings. The quantitative estimate of drug-likeness (QED) is 0.201. The molecule has 2 rings (SSSR count). The minimum absolute atomic E-state index is 0. The summed E-state index contributed by atoms with van der Waals surface area (Å²) < 4.78 is 16.1. The molecule has 7 heteroatoms. The molecule has 0 aliphatic heterocycles. The maximum atomic E-state index is 5.67. The first-order chi connectivity index (χ1) is 14.2. The van der Waals surface area contributed by atoms with Crippen molar-refractivity contribution in [2.24, 2.45) is 4.99 Å². The van der Waals surface area contributed by atoms with Gasteiger partial charge in [0.2, 0.25) is 0 Å². The van der Waals surface area contributed by atoms with Crippen LogP contribution in [0.25, 0.3) is 0 Å². The van der Waals surface area contributed by atoms with Crippen molar-refractivity contribution < 1.29 is 14.2 Å². The Hall–Kier alpha value is -2.00. The Labute approximate surface area is 197 Å². The monoisotopic (exact) mass is 527 g/mol. The minimum atomic E-state index is 0. The molecular formula is C23H34IN3O3. The number of hydrogen-bond donors (Lipinski definition) is 2. The Morgan fingerprint density at radius 3 is 2.57 bits per heavy atom. The standard InChI is InChI=1S/C23H33N3O3.HI/c1-5-24-23(25-12-11-19-10-9-18(2)22(16-19)28-4)26-17-20-7-6-8-21(15-20)29-14-13-27-3;/h6-10,15-16H,5,11-14,17H2,1-4H3,(H2,24,25,26);1H. The summed E-state index contributed by atoms with van der Waals surface area (Å²) in [5.41, 5.74) is 3.48. The van der Waals surface area contributed by atoms with Gasteiger partial charge in [0.1, 0.15) is 18.1 Å². The van der Waals surface area contributed by atoms with E-state index in [9.17, 15) is 0 Å². The maximum Gasteiger partial charge on any atom is 0.191 e. The second-order valence-electron chi connectivity index (χ2n) is 6.66. The van der Waals surface area contributed by atoms with Crippen molar-refractivity contribution in [3.05, 3.63) is 59.2 Å². The van der Waals surface area contributed by atoms with Crippen LogP contribution in [0.3, 0.4) is 0 Å². The van der Waals surface area contributed by atoms with Crippen LogP contribution < -0.4 is 20.1 Å².